The Hall–Kier alpha value is -0.650. The third-order valence-corrected chi connectivity index (χ3v) is 3.00. The minimum atomic E-state index is 0.0216. The van der Waals surface area contributed by atoms with Gasteiger partial charge in [-0.05, 0) is 17.3 Å². The second-order valence-corrected chi connectivity index (χ2v) is 8.24. The Morgan fingerprint density at radius 1 is 0.739 bits per heavy atom. The molecule has 0 aliphatic carbocycles. The van der Waals surface area contributed by atoms with Gasteiger partial charge in [0.05, 0.1) is 33.0 Å². The van der Waals surface area contributed by atoms with Gasteiger partial charge in [0.1, 0.15) is 0 Å². The third-order valence-electron chi connectivity index (χ3n) is 3.00. The molecule has 1 amide bonds. The van der Waals surface area contributed by atoms with Crippen molar-refractivity contribution in [1.82, 2.24) is 5.32 Å². The summed E-state index contributed by atoms with van der Waals surface area (Å²) in [7, 11) is 0. The summed E-state index contributed by atoms with van der Waals surface area (Å²) in [6.07, 6.45) is 1.59. The molecule has 0 aromatic carbocycles. The molecule has 0 rings (SSSR count). The fourth-order valence-electron chi connectivity index (χ4n) is 1.73. The number of ether oxygens (including phenoxy) is 3. The molecule has 0 aromatic rings. The first kappa shape index (κ1) is 22.4. The lowest BCUT2D eigenvalue weighted by Crippen LogP contribution is -2.30. The first-order chi connectivity index (χ1) is 10.6. The van der Waals surface area contributed by atoms with Crippen LogP contribution < -0.4 is 5.32 Å². The van der Waals surface area contributed by atoms with Gasteiger partial charge in [-0.25, -0.2) is 0 Å². The number of nitrogens with one attached hydrogen (secondary N) is 1. The Morgan fingerprint density at radius 2 is 1.22 bits per heavy atom. The number of carbonyl (C=O) groups is 1. The van der Waals surface area contributed by atoms with Gasteiger partial charge in [0.2, 0.25) is 5.91 Å². The molecule has 5 heteroatoms. The summed E-state index contributed by atoms with van der Waals surface area (Å²) < 4.78 is 16.3. The van der Waals surface area contributed by atoms with Gasteiger partial charge in [0.25, 0.3) is 0 Å². The molecule has 0 unspecified atom stereocenters. The smallest absolute Gasteiger partial charge is 0.220 e. The largest absolute Gasteiger partial charge is 0.379 e. The first-order valence-electron chi connectivity index (χ1n) is 8.60. The minimum Gasteiger partial charge on any atom is -0.379 e. The third kappa shape index (κ3) is 19.3. The predicted octanol–water partition coefficient (Wildman–Crippen LogP) is 3.02. The molecular formula is C18H37NO4. The first-order valence-corrected chi connectivity index (χ1v) is 8.60. The molecule has 0 aliphatic heterocycles. The van der Waals surface area contributed by atoms with Gasteiger partial charge < -0.3 is 19.5 Å². The van der Waals surface area contributed by atoms with Crippen molar-refractivity contribution >= 4 is 5.91 Å². The van der Waals surface area contributed by atoms with E-state index in [0.29, 0.717) is 51.4 Å². The Kier molecular flexibility index (Phi) is 11.5. The lowest BCUT2D eigenvalue weighted by atomic mass is 9.92. The molecule has 0 radical (unpaired) electrons. The molecule has 0 atom stereocenters. The average molecular weight is 331 g/mol. The van der Waals surface area contributed by atoms with Crippen LogP contribution in [0.15, 0.2) is 0 Å². The lowest BCUT2D eigenvalue weighted by Gasteiger charge is -2.17. The van der Waals surface area contributed by atoms with Crippen molar-refractivity contribution < 1.29 is 19.0 Å². The summed E-state index contributed by atoms with van der Waals surface area (Å²) in [4.78, 5) is 11.6. The van der Waals surface area contributed by atoms with Crippen molar-refractivity contribution in [3.8, 4) is 0 Å². The minimum absolute atomic E-state index is 0.0216. The Labute approximate surface area is 142 Å². The van der Waals surface area contributed by atoms with Gasteiger partial charge in [-0.3, -0.25) is 4.79 Å². The summed E-state index contributed by atoms with van der Waals surface area (Å²) >= 11 is 0. The van der Waals surface area contributed by atoms with Gasteiger partial charge in [0.15, 0.2) is 0 Å². The van der Waals surface area contributed by atoms with E-state index in [0.717, 1.165) is 13.0 Å². The van der Waals surface area contributed by atoms with E-state index in [2.05, 4.69) is 26.1 Å². The molecule has 0 fully saturated rings. The topological polar surface area (TPSA) is 56.8 Å². The summed E-state index contributed by atoms with van der Waals surface area (Å²) in [5, 5.41) is 2.85. The average Bonchev–Trinajstić information content (AvgIpc) is 2.36. The van der Waals surface area contributed by atoms with E-state index in [1.807, 2.05) is 20.8 Å². The molecule has 0 saturated carbocycles. The Balaban J connectivity index is 3.24. The van der Waals surface area contributed by atoms with E-state index in [1.54, 1.807) is 0 Å². The van der Waals surface area contributed by atoms with Crippen molar-refractivity contribution in [2.24, 2.45) is 10.8 Å². The summed E-state index contributed by atoms with van der Waals surface area (Å²) in [6, 6.07) is 0. The van der Waals surface area contributed by atoms with Crippen molar-refractivity contribution in [2.45, 2.75) is 54.4 Å². The van der Waals surface area contributed by atoms with Crippen LogP contribution in [0.4, 0.5) is 0 Å². The Bertz CT molecular complexity index is 305. The van der Waals surface area contributed by atoms with Crippen LogP contribution in [0.2, 0.25) is 0 Å². The molecule has 0 bridgehead atoms. The highest BCUT2D eigenvalue weighted by molar-refractivity contribution is 5.76. The molecular weight excluding hydrogens is 294 g/mol. The maximum atomic E-state index is 11.6. The van der Waals surface area contributed by atoms with Gasteiger partial charge in [-0.15, -0.1) is 0 Å². The van der Waals surface area contributed by atoms with Gasteiger partial charge in [-0.1, -0.05) is 41.5 Å². The zero-order chi connectivity index (χ0) is 17.8. The zero-order valence-corrected chi connectivity index (χ0v) is 16.0. The van der Waals surface area contributed by atoms with Crippen molar-refractivity contribution in [3.05, 3.63) is 0 Å². The highest BCUT2D eigenvalue weighted by Crippen LogP contribution is 2.18. The van der Waals surface area contributed by atoms with Gasteiger partial charge >= 0.3 is 0 Å². The summed E-state index contributed by atoms with van der Waals surface area (Å²) in [5.41, 5.74) is 0.338. The quantitative estimate of drug-likeness (QED) is 0.559. The monoisotopic (exact) mass is 331 g/mol. The van der Waals surface area contributed by atoms with Crippen LogP contribution in [0, 0.1) is 10.8 Å². The number of hydrogen-bond acceptors (Lipinski definition) is 4. The zero-order valence-electron chi connectivity index (χ0n) is 16.0. The second kappa shape index (κ2) is 11.8. The van der Waals surface area contributed by atoms with E-state index in [-0.39, 0.29) is 11.3 Å². The van der Waals surface area contributed by atoms with Crippen LogP contribution >= 0.6 is 0 Å². The molecule has 1 N–H and O–H groups in total. The Morgan fingerprint density at radius 3 is 1.70 bits per heavy atom. The molecule has 0 aromatic heterocycles. The maximum Gasteiger partial charge on any atom is 0.220 e. The predicted molar refractivity (Wildman–Crippen MR) is 93.6 cm³/mol. The molecule has 0 heterocycles. The van der Waals surface area contributed by atoms with Crippen molar-refractivity contribution in [2.75, 3.05) is 46.2 Å². The fourth-order valence-corrected chi connectivity index (χ4v) is 1.73. The van der Waals surface area contributed by atoms with Crippen LogP contribution in [-0.4, -0.2) is 52.1 Å². The highest BCUT2D eigenvalue weighted by Gasteiger charge is 2.15. The normalized spacial score (nSPS) is 12.4. The molecule has 23 heavy (non-hydrogen) atoms. The number of rotatable bonds is 12. The number of amides is 1. The van der Waals surface area contributed by atoms with Crippen molar-refractivity contribution in [1.29, 1.82) is 0 Å². The van der Waals surface area contributed by atoms with E-state index < -0.39 is 0 Å². The maximum absolute atomic E-state index is 11.6. The van der Waals surface area contributed by atoms with Gasteiger partial charge in [0, 0.05) is 19.6 Å². The number of carbonyl (C=O) groups excluding carboxylic acids is 1. The van der Waals surface area contributed by atoms with Crippen LogP contribution in [0.5, 0.6) is 0 Å². The van der Waals surface area contributed by atoms with Crippen LogP contribution in [0.25, 0.3) is 0 Å². The highest BCUT2D eigenvalue weighted by atomic mass is 16.5. The van der Waals surface area contributed by atoms with E-state index >= 15 is 0 Å². The summed E-state index contributed by atoms with van der Waals surface area (Å²) in [6.45, 7) is 16.9. The molecule has 0 saturated heterocycles. The molecule has 0 aliphatic rings. The van der Waals surface area contributed by atoms with Gasteiger partial charge in [-0.2, -0.15) is 0 Å². The van der Waals surface area contributed by atoms with E-state index in [1.165, 1.54) is 0 Å². The van der Waals surface area contributed by atoms with Crippen LogP contribution in [0.1, 0.15) is 54.4 Å². The fraction of sp³-hybridized carbons (Fsp3) is 0.944. The number of hydrogen-bond donors (Lipinski definition) is 1. The second-order valence-electron chi connectivity index (χ2n) is 8.24. The molecule has 5 nitrogen and oxygen atoms in total. The van der Waals surface area contributed by atoms with Crippen molar-refractivity contribution in [3.63, 3.8) is 0 Å². The van der Waals surface area contributed by atoms with Crippen LogP contribution in [0.3, 0.4) is 0 Å². The molecule has 138 valence electrons. The summed E-state index contributed by atoms with van der Waals surface area (Å²) in [5.74, 6) is 0.0738. The standard InChI is InChI=1S/C18H37NO4/c1-17(2,3)7-9-21-11-13-23-14-12-22-10-8-19-16(20)15-18(4,5)6/h7-15H2,1-6H3,(H,19,20). The van der Waals surface area contributed by atoms with E-state index in [4.69, 9.17) is 14.2 Å². The molecule has 0 spiro atoms. The lowest BCUT2D eigenvalue weighted by molar-refractivity contribution is -0.123. The van der Waals surface area contributed by atoms with E-state index in [9.17, 15) is 4.79 Å². The SMILES string of the molecule is CC(C)(C)CCOCCOCCOCCNC(=O)CC(C)(C)C. The van der Waals surface area contributed by atoms with Crippen LogP contribution in [-0.2, 0) is 19.0 Å².